The maximum absolute atomic E-state index is 13.2. The van der Waals surface area contributed by atoms with Gasteiger partial charge in [0.2, 0.25) is 11.8 Å². The van der Waals surface area contributed by atoms with E-state index in [1.165, 1.54) is 4.90 Å². The molecule has 1 aromatic heterocycles. The molecule has 2 aromatic carbocycles. The maximum Gasteiger partial charge on any atom is 0.254 e. The first-order chi connectivity index (χ1) is 19.2. The van der Waals surface area contributed by atoms with Gasteiger partial charge < -0.3 is 24.6 Å². The van der Waals surface area contributed by atoms with Crippen molar-refractivity contribution in [1.82, 2.24) is 24.9 Å². The molecule has 0 aliphatic carbocycles. The fourth-order valence-corrected chi connectivity index (χ4v) is 5.19. The van der Waals surface area contributed by atoms with Gasteiger partial charge in [-0.1, -0.05) is 18.2 Å². The molecule has 4 bridgehead atoms. The summed E-state index contributed by atoms with van der Waals surface area (Å²) in [6.07, 6.45) is 0.248. The van der Waals surface area contributed by atoms with Gasteiger partial charge in [0.1, 0.15) is 18.0 Å². The van der Waals surface area contributed by atoms with Crippen LogP contribution >= 0.6 is 0 Å². The first-order valence-corrected chi connectivity index (χ1v) is 13.5. The van der Waals surface area contributed by atoms with Crippen molar-refractivity contribution < 1.29 is 23.9 Å². The highest BCUT2D eigenvalue weighted by atomic mass is 16.5. The molecule has 210 valence electrons. The number of hydrogen-bond donors (Lipinski definition) is 1. The molecule has 3 amide bonds. The van der Waals surface area contributed by atoms with E-state index in [2.05, 4.69) is 10.4 Å². The largest absolute Gasteiger partial charge is 0.457 e. The molecule has 10 heteroatoms. The van der Waals surface area contributed by atoms with Crippen LogP contribution in [0.3, 0.4) is 0 Å². The molecule has 3 heterocycles. The summed E-state index contributed by atoms with van der Waals surface area (Å²) in [5, 5.41) is 7.45. The van der Waals surface area contributed by atoms with E-state index in [1.807, 2.05) is 57.2 Å². The Bertz CT molecular complexity index is 1430. The van der Waals surface area contributed by atoms with E-state index in [0.717, 1.165) is 22.5 Å². The minimum atomic E-state index is -0.438. The number of piperidine rings is 1. The predicted molar refractivity (Wildman–Crippen MR) is 148 cm³/mol. The summed E-state index contributed by atoms with van der Waals surface area (Å²) >= 11 is 0. The number of ether oxygens (including phenoxy) is 2. The van der Waals surface area contributed by atoms with E-state index in [4.69, 9.17) is 9.47 Å². The van der Waals surface area contributed by atoms with E-state index < -0.39 is 6.04 Å². The number of hydrogen-bond acceptors (Lipinski definition) is 6. The van der Waals surface area contributed by atoms with Crippen LogP contribution in [-0.2, 0) is 27.5 Å². The number of aryl methyl sites for hydroxylation is 3. The third kappa shape index (κ3) is 6.17. The molecule has 2 aliphatic rings. The van der Waals surface area contributed by atoms with Gasteiger partial charge in [0.15, 0.2) is 0 Å². The fraction of sp³-hybridized carbons (Fsp3) is 0.400. The Balaban J connectivity index is 1.38. The first-order valence-electron chi connectivity index (χ1n) is 13.5. The molecule has 0 radical (unpaired) electrons. The van der Waals surface area contributed by atoms with Crippen LogP contribution in [0.25, 0.3) is 0 Å². The van der Waals surface area contributed by atoms with Gasteiger partial charge >= 0.3 is 0 Å². The normalized spacial score (nSPS) is 20.0. The van der Waals surface area contributed by atoms with E-state index in [1.54, 1.807) is 28.8 Å². The molecule has 0 saturated carbocycles. The summed E-state index contributed by atoms with van der Waals surface area (Å²) in [6.45, 7) is 6.86. The van der Waals surface area contributed by atoms with Crippen molar-refractivity contribution in [3.05, 3.63) is 76.6 Å². The van der Waals surface area contributed by atoms with Crippen molar-refractivity contribution >= 4 is 17.7 Å². The fourth-order valence-electron chi connectivity index (χ4n) is 5.19. The van der Waals surface area contributed by atoms with Gasteiger partial charge in [-0.3, -0.25) is 19.1 Å². The van der Waals surface area contributed by atoms with Gasteiger partial charge in [-0.15, -0.1) is 0 Å². The lowest BCUT2D eigenvalue weighted by molar-refractivity contribution is -0.138. The molecule has 3 aromatic rings. The lowest BCUT2D eigenvalue weighted by atomic mass is 10.0. The third-order valence-electron chi connectivity index (χ3n) is 7.39. The van der Waals surface area contributed by atoms with Crippen LogP contribution in [0.1, 0.15) is 39.3 Å². The Hall–Kier alpha value is -4.18. The minimum Gasteiger partial charge on any atom is -0.457 e. The van der Waals surface area contributed by atoms with Crippen LogP contribution in [0.4, 0.5) is 0 Å². The van der Waals surface area contributed by atoms with Crippen molar-refractivity contribution in [2.45, 2.75) is 52.5 Å². The number of carbonyl (C=O) groups excluding carboxylic acids is 3. The Morgan fingerprint density at radius 1 is 1.10 bits per heavy atom. The van der Waals surface area contributed by atoms with Crippen LogP contribution in [0.2, 0.25) is 0 Å². The Morgan fingerprint density at radius 2 is 1.93 bits per heavy atom. The highest BCUT2D eigenvalue weighted by Crippen LogP contribution is 2.28. The zero-order valence-corrected chi connectivity index (χ0v) is 23.3. The van der Waals surface area contributed by atoms with Crippen LogP contribution in [0.5, 0.6) is 11.5 Å². The van der Waals surface area contributed by atoms with Gasteiger partial charge in [0.05, 0.1) is 31.0 Å². The second kappa shape index (κ2) is 11.5. The molecule has 40 heavy (non-hydrogen) atoms. The number of aromatic nitrogens is 2. The molecule has 5 rings (SSSR count). The molecule has 0 unspecified atom stereocenters. The van der Waals surface area contributed by atoms with E-state index in [9.17, 15) is 14.4 Å². The lowest BCUT2D eigenvalue weighted by Crippen LogP contribution is -2.58. The molecule has 1 saturated heterocycles. The number of likely N-dealkylation sites (N-methyl/N-ethyl adjacent to an activating group) is 1. The summed E-state index contributed by atoms with van der Waals surface area (Å²) in [5.74, 6) is 0.535. The van der Waals surface area contributed by atoms with Gasteiger partial charge in [-0.25, -0.2) is 0 Å². The maximum atomic E-state index is 13.2. The van der Waals surface area contributed by atoms with Crippen molar-refractivity contribution in [3.8, 4) is 11.5 Å². The monoisotopic (exact) mass is 545 g/mol. The number of likely N-dealkylation sites (tertiary alicyclic amines) is 1. The Labute approximate surface area is 233 Å². The summed E-state index contributed by atoms with van der Waals surface area (Å²) in [5.41, 5.74) is 4.02. The molecule has 1 fully saturated rings. The number of fused-ring (bicyclic) bond motifs is 5. The third-order valence-corrected chi connectivity index (χ3v) is 7.39. The number of rotatable bonds is 2. The van der Waals surface area contributed by atoms with Gasteiger partial charge in [-0.05, 0) is 68.7 Å². The summed E-state index contributed by atoms with van der Waals surface area (Å²) < 4.78 is 14.2. The smallest absolute Gasteiger partial charge is 0.254 e. The summed E-state index contributed by atoms with van der Waals surface area (Å²) in [7, 11) is 1.59. The second-order valence-corrected chi connectivity index (χ2v) is 10.6. The lowest BCUT2D eigenvalue weighted by Gasteiger charge is -2.39. The Morgan fingerprint density at radius 3 is 2.70 bits per heavy atom. The number of nitrogens with one attached hydrogen (secondary N) is 1. The first kappa shape index (κ1) is 27.4. The zero-order valence-electron chi connectivity index (χ0n) is 23.3. The number of amides is 3. The van der Waals surface area contributed by atoms with Crippen LogP contribution < -0.4 is 10.1 Å². The predicted octanol–water partition coefficient (Wildman–Crippen LogP) is 2.99. The van der Waals surface area contributed by atoms with Gasteiger partial charge in [0.25, 0.3) is 5.91 Å². The standard InChI is InChI=1S/C30H35N5O5/c1-19-8-9-23-14-27(19)40-24-7-5-6-22(13-24)18-39-26-10-11-34(29(37)17-35-21(3)12-20(2)32-35)15-25(26)31-28(36)16-33(4)30(23)38/h5-9,12-14,25-26H,10-11,15-18H2,1-4H3,(H,31,36)/t25-,26+/m0/s1. The summed E-state index contributed by atoms with van der Waals surface area (Å²) in [6, 6.07) is 14.4. The molecule has 0 spiro atoms. The number of carbonyl (C=O) groups is 3. The average molecular weight is 546 g/mol. The highest BCUT2D eigenvalue weighted by molar-refractivity contribution is 5.96. The van der Waals surface area contributed by atoms with Crippen molar-refractivity contribution in [1.29, 1.82) is 0 Å². The summed E-state index contributed by atoms with van der Waals surface area (Å²) in [4.78, 5) is 42.6. The topological polar surface area (TPSA) is 106 Å². The molecular weight excluding hydrogens is 510 g/mol. The molecule has 2 aliphatic heterocycles. The van der Waals surface area contributed by atoms with Crippen LogP contribution in [-0.4, -0.2) is 76.1 Å². The van der Waals surface area contributed by atoms with Crippen molar-refractivity contribution in [2.75, 3.05) is 26.7 Å². The van der Waals surface area contributed by atoms with Crippen molar-refractivity contribution in [2.24, 2.45) is 0 Å². The van der Waals surface area contributed by atoms with E-state index in [-0.39, 0.29) is 36.9 Å². The molecular formula is C30H35N5O5. The SMILES string of the molecule is Cc1cc(C)n(CC(=O)N2CC[C@H]3OCc4cccc(c4)Oc4cc(ccc4C)C(=O)N(C)CC(=O)N[C@H]3C2)n1. The number of benzene rings is 2. The van der Waals surface area contributed by atoms with Crippen molar-refractivity contribution in [3.63, 3.8) is 0 Å². The quantitative estimate of drug-likeness (QED) is 0.531. The van der Waals surface area contributed by atoms with Gasteiger partial charge in [0, 0.05) is 31.4 Å². The molecule has 2 atom stereocenters. The van der Waals surface area contributed by atoms with E-state index in [0.29, 0.717) is 43.2 Å². The minimum absolute atomic E-state index is 0.0710. The van der Waals surface area contributed by atoms with Gasteiger partial charge in [-0.2, -0.15) is 5.10 Å². The second-order valence-electron chi connectivity index (χ2n) is 10.6. The molecule has 10 nitrogen and oxygen atoms in total. The number of nitrogens with zero attached hydrogens (tertiary/aromatic N) is 4. The zero-order chi connectivity index (χ0) is 28.4. The molecule has 1 N–H and O–H groups in total. The van der Waals surface area contributed by atoms with Crippen LogP contribution in [0.15, 0.2) is 48.5 Å². The van der Waals surface area contributed by atoms with E-state index >= 15 is 0 Å². The highest BCUT2D eigenvalue weighted by Gasteiger charge is 2.34. The van der Waals surface area contributed by atoms with Crippen LogP contribution in [0, 0.1) is 20.8 Å². The Kier molecular flexibility index (Phi) is 7.88. The average Bonchev–Trinajstić information content (AvgIpc) is 3.24.